The summed E-state index contributed by atoms with van der Waals surface area (Å²) in [7, 11) is 0. The largest absolute Gasteiger partial charge is 0.481 e. The maximum Gasteiger partial charge on any atom is 0.306 e. The highest BCUT2D eigenvalue weighted by Crippen LogP contribution is 2.58. The second-order valence-electron chi connectivity index (χ2n) is 10.3. The van der Waals surface area contributed by atoms with Crippen LogP contribution < -0.4 is 5.32 Å². The van der Waals surface area contributed by atoms with Crippen LogP contribution in [0.5, 0.6) is 0 Å². The van der Waals surface area contributed by atoms with Crippen LogP contribution in [0.4, 0.5) is 4.39 Å². The Morgan fingerprint density at radius 2 is 1.81 bits per heavy atom. The lowest BCUT2D eigenvalue weighted by molar-refractivity contribution is -0.155. The van der Waals surface area contributed by atoms with E-state index in [0.29, 0.717) is 41.4 Å². The number of rotatable bonds is 5. The van der Waals surface area contributed by atoms with Crippen LogP contribution in [0.1, 0.15) is 47.2 Å². The van der Waals surface area contributed by atoms with Crippen molar-refractivity contribution in [2.75, 3.05) is 0 Å². The van der Waals surface area contributed by atoms with Gasteiger partial charge in [0.2, 0.25) is 0 Å². The van der Waals surface area contributed by atoms with Crippen LogP contribution in [0.2, 0.25) is 0 Å². The summed E-state index contributed by atoms with van der Waals surface area (Å²) < 4.78 is 16.5. The number of nitrogens with one attached hydrogen (secondary N) is 1. The predicted molar refractivity (Wildman–Crippen MR) is 133 cm³/mol. The molecule has 7 heteroatoms. The van der Waals surface area contributed by atoms with Gasteiger partial charge >= 0.3 is 5.97 Å². The second-order valence-corrected chi connectivity index (χ2v) is 10.3. The summed E-state index contributed by atoms with van der Waals surface area (Å²) in [6, 6.07) is 18.2. The smallest absolute Gasteiger partial charge is 0.306 e. The summed E-state index contributed by atoms with van der Waals surface area (Å²) in [4.78, 5) is 24.4. The number of hydrogen-bond donors (Lipinski definition) is 2. The molecule has 2 saturated carbocycles. The van der Waals surface area contributed by atoms with E-state index in [0.717, 1.165) is 29.2 Å². The number of hydrogen-bond acceptors (Lipinski definition) is 3. The number of fused-ring (bicyclic) bond motifs is 2. The Balaban J connectivity index is 1.23. The molecule has 4 aromatic rings. The van der Waals surface area contributed by atoms with E-state index in [9.17, 15) is 14.0 Å². The Morgan fingerprint density at radius 3 is 2.56 bits per heavy atom. The quantitative estimate of drug-likeness (QED) is 0.408. The number of amides is 1. The first-order valence-corrected chi connectivity index (χ1v) is 12.1. The van der Waals surface area contributed by atoms with Crippen molar-refractivity contribution in [2.24, 2.45) is 11.3 Å². The molecule has 2 aliphatic carbocycles. The molecular formula is C29H24FN3O3. The van der Waals surface area contributed by atoms with Crippen molar-refractivity contribution in [3.05, 3.63) is 83.3 Å². The zero-order chi connectivity index (χ0) is 25.0. The number of aromatic nitrogens is 1. The van der Waals surface area contributed by atoms with Gasteiger partial charge in [-0.3, -0.25) is 9.59 Å². The fourth-order valence-electron chi connectivity index (χ4n) is 6.11. The topological polar surface area (TPSA) is 95.1 Å². The van der Waals surface area contributed by atoms with Gasteiger partial charge < -0.3 is 15.0 Å². The van der Waals surface area contributed by atoms with Gasteiger partial charge in [-0.2, -0.15) is 5.26 Å². The molecule has 2 fully saturated rings. The molecule has 1 heterocycles. The molecule has 0 bridgehead atoms. The molecule has 36 heavy (non-hydrogen) atoms. The van der Waals surface area contributed by atoms with Crippen LogP contribution in [-0.2, 0) is 11.3 Å². The summed E-state index contributed by atoms with van der Waals surface area (Å²) >= 11 is 0. The van der Waals surface area contributed by atoms with Crippen LogP contribution >= 0.6 is 0 Å². The van der Waals surface area contributed by atoms with Gasteiger partial charge in [0.1, 0.15) is 5.82 Å². The molecule has 180 valence electrons. The molecule has 1 spiro atoms. The van der Waals surface area contributed by atoms with E-state index in [2.05, 4.69) is 11.4 Å². The van der Waals surface area contributed by atoms with Gasteiger partial charge in [-0.15, -0.1) is 0 Å². The predicted octanol–water partition coefficient (Wildman–Crippen LogP) is 5.23. The van der Waals surface area contributed by atoms with Crippen molar-refractivity contribution >= 4 is 33.6 Å². The lowest BCUT2D eigenvalue weighted by atomic mass is 9.50. The third-order valence-electron chi connectivity index (χ3n) is 7.91. The number of benzene rings is 3. The Labute approximate surface area is 206 Å². The van der Waals surface area contributed by atoms with Gasteiger partial charge in [-0.1, -0.05) is 18.2 Å². The van der Waals surface area contributed by atoms with E-state index >= 15 is 0 Å². The van der Waals surface area contributed by atoms with Crippen molar-refractivity contribution in [3.8, 4) is 6.07 Å². The first kappa shape index (κ1) is 22.3. The van der Waals surface area contributed by atoms with Gasteiger partial charge in [0.05, 0.1) is 28.6 Å². The number of carboxylic acids is 1. The molecule has 1 aromatic heterocycles. The molecule has 3 aromatic carbocycles. The van der Waals surface area contributed by atoms with Gasteiger partial charge in [-0.05, 0) is 83.8 Å². The van der Waals surface area contributed by atoms with Crippen LogP contribution in [-0.4, -0.2) is 27.6 Å². The van der Waals surface area contributed by atoms with E-state index in [-0.39, 0.29) is 29.1 Å². The number of carbonyl (C=O) groups excluding carboxylic acids is 1. The summed E-state index contributed by atoms with van der Waals surface area (Å²) in [5, 5.41) is 23.7. The zero-order valence-corrected chi connectivity index (χ0v) is 19.5. The van der Waals surface area contributed by atoms with E-state index in [4.69, 9.17) is 10.4 Å². The summed E-state index contributed by atoms with van der Waals surface area (Å²) in [6.07, 6.45) is 4.74. The Morgan fingerprint density at radius 1 is 1.06 bits per heavy atom. The number of aliphatic carboxylic acids is 1. The monoisotopic (exact) mass is 481 g/mol. The van der Waals surface area contributed by atoms with Crippen molar-refractivity contribution in [2.45, 2.75) is 38.3 Å². The minimum absolute atomic E-state index is 0.00884. The average molecular weight is 482 g/mol. The molecule has 0 unspecified atom stereocenters. The standard InChI is InChI=1S/C29H24FN3O3/c30-25-6-5-24(27(34)32-22-13-29(14-22)11-21(12-29)28(35)36)26-23(25)7-8-33(26)16-18-2-4-19-9-17(15-31)1-3-20(19)10-18/h1-10,21-22H,11-14,16H2,(H,32,34)(H,35,36). The Bertz CT molecular complexity index is 1580. The molecule has 0 radical (unpaired) electrons. The number of carboxylic acid groups (broad SMARTS) is 1. The molecule has 6 nitrogen and oxygen atoms in total. The lowest BCUT2D eigenvalue weighted by Crippen LogP contribution is -2.57. The third kappa shape index (κ3) is 3.70. The van der Waals surface area contributed by atoms with Crippen LogP contribution in [0.15, 0.2) is 60.8 Å². The van der Waals surface area contributed by atoms with Crippen LogP contribution in [0.3, 0.4) is 0 Å². The number of carbonyl (C=O) groups is 2. The maximum atomic E-state index is 14.6. The first-order chi connectivity index (χ1) is 17.3. The van der Waals surface area contributed by atoms with Gasteiger partial charge in [0.15, 0.2) is 0 Å². The van der Waals surface area contributed by atoms with Crippen LogP contribution in [0.25, 0.3) is 21.7 Å². The average Bonchev–Trinajstić information content (AvgIpc) is 3.23. The van der Waals surface area contributed by atoms with Crippen molar-refractivity contribution in [1.29, 1.82) is 5.26 Å². The zero-order valence-electron chi connectivity index (χ0n) is 19.5. The fourth-order valence-corrected chi connectivity index (χ4v) is 6.11. The van der Waals surface area contributed by atoms with E-state index in [1.54, 1.807) is 18.3 Å². The highest BCUT2D eigenvalue weighted by molar-refractivity contribution is 6.06. The van der Waals surface area contributed by atoms with Gasteiger partial charge in [0.25, 0.3) is 5.91 Å². The minimum atomic E-state index is -0.735. The Kier molecular flexibility index (Phi) is 5.08. The second kappa shape index (κ2) is 8.20. The highest BCUT2D eigenvalue weighted by atomic mass is 19.1. The number of halogens is 1. The van der Waals surface area contributed by atoms with Crippen molar-refractivity contribution in [1.82, 2.24) is 9.88 Å². The fraction of sp³-hybridized carbons (Fsp3) is 0.276. The molecule has 0 atom stereocenters. The normalized spacial score (nSPS) is 22.7. The van der Waals surface area contributed by atoms with Gasteiger partial charge in [0, 0.05) is 24.2 Å². The van der Waals surface area contributed by atoms with Gasteiger partial charge in [-0.25, -0.2) is 4.39 Å². The van der Waals surface area contributed by atoms with E-state index < -0.39 is 5.97 Å². The summed E-state index contributed by atoms with van der Waals surface area (Å²) in [6.45, 7) is 0.465. The molecular weight excluding hydrogens is 457 g/mol. The summed E-state index contributed by atoms with van der Waals surface area (Å²) in [5.41, 5.74) is 2.64. The third-order valence-corrected chi connectivity index (χ3v) is 7.91. The number of nitriles is 1. The van der Waals surface area contributed by atoms with Crippen LogP contribution in [0, 0.1) is 28.5 Å². The minimum Gasteiger partial charge on any atom is -0.481 e. The first-order valence-electron chi connectivity index (χ1n) is 12.1. The van der Waals surface area contributed by atoms with Crippen molar-refractivity contribution < 1.29 is 19.1 Å². The molecule has 6 rings (SSSR count). The molecule has 0 saturated heterocycles. The lowest BCUT2D eigenvalue weighted by Gasteiger charge is -2.56. The molecule has 2 aliphatic rings. The molecule has 0 aliphatic heterocycles. The summed E-state index contributed by atoms with van der Waals surface area (Å²) in [5.74, 6) is -1.61. The molecule has 2 N–H and O–H groups in total. The SMILES string of the molecule is N#Cc1ccc2cc(Cn3ccc4c(F)ccc(C(=O)NC5CC6(C5)CC(C(=O)O)C6)c43)ccc2c1. The van der Waals surface area contributed by atoms with E-state index in [1.165, 1.54) is 12.1 Å². The molecule has 1 amide bonds. The van der Waals surface area contributed by atoms with E-state index in [1.807, 2.05) is 34.9 Å². The number of nitrogens with zero attached hydrogens (tertiary/aromatic N) is 2. The maximum absolute atomic E-state index is 14.6. The van der Waals surface area contributed by atoms with Crippen molar-refractivity contribution in [3.63, 3.8) is 0 Å². The highest BCUT2D eigenvalue weighted by Gasteiger charge is 2.55. The Hall–Kier alpha value is -4.18.